The Morgan fingerprint density at radius 3 is 2.87 bits per heavy atom. The third-order valence-corrected chi connectivity index (χ3v) is 2.41. The molecule has 15 heavy (non-hydrogen) atoms. The minimum Gasteiger partial charge on any atom is -0.363 e. The Morgan fingerprint density at radius 2 is 2.20 bits per heavy atom. The van der Waals surface area contributed by atoms with E-state index in [9.17, 15) is 0 Å². The summed E-state index contributed by atoms with van der Waals surface area (Å²) in [6.45, 7) is 5.68. The smallest absolute Gasteiger partial charge is 0.166 e. The van der Waals surface area contributed by atoms with E-state index in [-0.39, 0.29) is 0 Å². The van der Waals surface area contributed by atoms with E-state index < -0.39 is 0 Å². The van der Waals surface area contributed by atoms with E-state index in [0.29, 0.717) is 11.7 Å². The summed E-state index contributed by atoms with van der Waals surface area (Å²) in [6, 6.07) is 4.06. The number of pyridine rings is 1. The number of hydrogen-bond donors (Lipinski definition) is 2. The van der Waals surface area contributed by atoms with E-state index in [1.165, 1.54) is 5.56 Å². The van der Waals surface area contributed by atoms with E-state index >= 15 is 0 Å². The molecule has 0 aliphatic heterocycles. The maximum atomic E-state index is 5.08. The number of rotatable bonds is 4. The molecule has 0 fully saturated rings. The maximum absolute atomic E-state index is 5.08. The zero-order valence-corrected chi connectivity index (χ0v) is 10.0. The second-order valence-corrected chi connectivity index (χ2v) is 3.58. The molecule has 1 aromatic rings. The van der Waals surface area contributed by atoms with Crippen LogP contribution < -0.4 is 10.6 Å². The van der Waals surface area contributed by atoms with Gasteiger partial charge in [0.15, 0.2) is 5.11 Å². The Hall–Kier alpha value is -1.16. The van der Waals surface area contributed by atoms with Gasteiger partial charge in [-0.1, -0.05) is 13.0 Å². The summed E-state index contributed by atoms with van der Waals surface area (Å²) < 4.78 is 0. The van der Waals surface area contributed by atoms with Gasteiger partial charge in [-0.3, -0.25) is 4.98 Å². The summed E-state index contributed by atoms with van der Waals surface area (Å²) in [5.74, 6) is 0. The second kappa shape index (κ2) is 6.35. The van der Waals surface area contributed by atoms with Crippen molar-refractivity contribution in [2.24, 2.45) is 0 Å². The molecule has 1 heterocycles. The highest BCUT2D eigenvalue weighted by molar-refractivity contribution is 7.80. The summed E-state index contributed by atoms with van der Waals surface area (Å²) in [6.07, 6.45) is 2.81. The summed E-state index contributed by atoms with van der Waals surface area (Å²) in [5, 5.41) is 6.86. The summed E-state index contributed by atoms with van der Waals surface area (Å²) in [7, 11) is 0. The van der Waals surface area contributed by atoms with Gasteiger partial charge in [0, 0.05) is 12.7 Å². The van der Waals surface area contributed by atoms with E-state index in [4.69, 9.17) is 12.2 Å². The molecule has 1 rings (SSSR count). The molecule has 0 unspecified atom stereocenters. The maximum Gasteiger partial charge on any atom is 0.166 e. The highest BCUT2D eigenvalue weighted by atomic mass is 32.1. The molecule has 82 valence electrons. The van der Waals surface area contributed by atoms with Gasteiger partial charge >= 0.3 is 0 Å². The molecule has 2 N–H and O–H groups in total. The van der Waals surface area contributed by atoms with Gasteiger partial charge < -0.3 is 10.6 Å². The van der Waals surface area contributed by atoms with Crippen LogP contribution in [0.15, 0.2) is 18.3 Å². The first-order valence-corrected chi connectivity index (χ1v) is 5.63. The number of nitrogens with zero attached hydrogens (tertiary/aromatic N) is 1. The van der Waals surface area contributed by atoms with Crippen molar-refractivity contribution in [3.05, 3.63) is 29.6 Å². The van der Waals surface area contributed by atoms with Crippen molar-refractivity contribution in [3.63, 3.8) is 0 Å². The number of aryl methyl sites for hydroxylation is 1. The van der Waals surface area contributed by atoms with Crippen molar-refractivity contribution in [3.8, 4) is 0 Å². The molecule has 0 aliphatic carbocycles. The fourth-order valence-electron chi connectivity index (χ4n) is 1.34. The zero-order valence-electron chi connectivity index (χ0n) is 9.21. The Balaban J connectivity index is 2.53. The molecule has 0 atom stereocenters. The summed E-state index contributed by atoms with van der Waals surface area (Å²) >= 11 is 5.08. The lowest BCUT2D eigenvalue weighted by atomic mass is 10.1. The van der Waals surface area contributed by atoms with Crippen LogP contribution in [0.5, 0.6) is 0 Å². The average Bonchev–Trinajstić information content (AvgIpc) is 2.27. The Morgan fingerprint density at radius 1 is 1.40 bits per heavy atom. The molecule has 4 heteroatoms. The van der Waals surface area contributed by atoms with Crippen LogP contribution in [0.2, 0.25) is 0 Å². The topological polar surface area (TPSA) is 37.0 Å². The van der Waals surface area contributed by atoms with Gasteiger partial charge in [0.05, 0.1) is 12.2 Å². The lowest BCUT2D eigenvalue weighted by Crippen LogP contribution is -2.34. The van der Waals surface area contributed by atoms with Gasteiger partial charge in [0.2, 0.25) is 0 Å². The van der Waals surface area contributed by atoms with Crippen LogP contribution in [-0.2, 0) is 13.0 Å². The van der Waals surface area contributed by atoms with E-state index in [1.54, 1.807) is 0 Å². The van der Waals surface area contributed by atoms with Crippen LogP contribution in [0, 0.1) is 0 Å². The van der Waals surface area contributed by atoms with Gasteiger partial charge in [-0.15, -0.1) is 0 Å². The number of thiocarbonyl (C=S) groups is 1. The van der Waals surface area contributed by atoms with Gasteiger partial charge in [-0.2, -0.15) is 0 Å². The Labute approximate surface area is 96.3 Å². The monoisotopic (exact) mass is 223 g/mol. The van der Waals surface area contributed by atoms with Gasteiger partial charge in [-0.05, 0) is 37.2 Å². The molecule has 0 saturated heterocycles. The molecule has 0 spiro atoms. The molecule has 0 radical (unpaired) electrons. The molecule has 1 aromatic heterocycles. The van der Waals surface area contributed by atoms with Crippen molar-refractivity contribution < 1.29 is 0 Å². The first-order valence-electron chi connectivity index (χ1n) is 5.22. The third-order valence-electron chi connectivity index (χ3n) is 2.12. The minimum atomic E-state index is 0.685. The molecule has 0 saturated carbocycles. The molecule has 0 aliphatic rings. The van der Waals surface area contributed by atoms with Crippen LogP contribution in [0.1, 0.15) is 25.1 Å². The molecule has 0 aromatic carbocycles. The van der Waals surface area contributed by atoms with Gasteiger partial charge in [0.25, 0.3) is 0 Å². The van der Waals surface area contributed by atoms with Crippen LogP contribution >= 0.6 is 12.2 Å². The Bertz CT molecular complexity index is 325. The van der Waals surface area contributed by atoms with Gasteiger partial charge in [0.1, 0.15) is 0 Å². The van der Waals surface area contributed by atoms with Crippen molar-refractivity contribution >= 4 is 17.3 Å². The highest BCUT2D eigenvalue weighted by Crippen LogP contribution is 2.05. The lowest BCUT2D eigenvalue weighted by Gasteiger charge is -2.10. The van der Waals surface area contributed by atoms with Crippen LogP contribution in [0.3, 0.4) is 0 Å². The molecular weight excluding hydrogens is 206 g/mol. The second-order valence-electron chi connectivity index (χ2n) is 3.18. The SMILES string of the molecule is CCNC(=S)NCc1ncccc1CC. The Kier molecular flexibility index (Phi) is 5.04. The zero-order chi connectivity index (χ0) is 11.1. The minimum absolute atomic E-state index is 0.685. The summed E-state index contributed by atoms with van der Waals surface area (Å²) in [4.78, 5) is 4.33. The number of hydrogen-bond acceptors (Lipinski definition) is 2. The number of aromatic nitrogens is 1. The summed E-state index contributed by atoms with van der Waals surface area (Å²) in [5.41, 5.74) is 2.34. The average molecular weight is 223 g/mol. The molecule has 0 bridgehead atoms. The van der Waals surface area contributed by atoms with Crippen LogP contribution in [-0.4, -0.2) is 16.6 Å². The van der Waals surface area contributed by atoms with Crippen molar-refractivity contribution in [1.82, 2.24) is 15.6 Å². The molecule has 0 amide bonds. The standard InChI is InChI=1S/C11H17N3S/c1-3-9-6-5-7-13-10(9)8-14-11(15)12-4-2/h5-7H,3-4,8H2,1-2H3,(H2,12,14,15). The fourth-order valence-corrected chi connectivity index (χ4v) is 1.56. The lowest BCUT2D eigenvalue weighted by molar-refractivity contribution is 0.817. The van der Waals surface area contributed by atoms with E-state index in [1.807, 2.05) is 19.2 Å². The first kappa shape index (κ1) is 11.9. The number of nitrogens with one attached hydrogen (secondary N) is 2. The predicted molar refractivity (Wildman–Crippen MR) is 66.7 cm³/mol. The van der Waals surface area contributed by atoms with Gasteiger partial charge in [-0.25, -0.2) is 0 Å². The largest absolute Gasteiger partial charge is 0.363 e. The van der Waals surface area contributed by atoms with E-state index in [0.717, 1.165) is 18.7 Å². The predicted octanol–water partition coefficient (Wildman–Crippen LogP) is 1.63. The fraction of sp³-hybridized carbons (Fsp3) is 0.455. The first-order chi connectivity index (χ1) is 7.27. The highest BCUT2D eigenvalue weighted by Gasteiger charge is 2.01. The van der Waals surface area contributed by atoms with Crippen LogP contribution in [0.4, 0.5) is 0 Å². The van der Waals surface area contributed by atoms with Crippen LogP contribution in [0.25, 0.3) is 0 Å². The molecular formula is C11H17N3S. The normalized spacial score (nSPS) is 9.73. The molecule has 3 nitrogen and oxygen atoms in total. The van der Waals surface area contributed by atoms with Crippen molar-refractivity contribution in [2.75, 3.05) is 6.54 Å². The third kappa shape index (κ3) is 3.83. The van der Waals surface area contributed by atoms with E-state index in [2.05, 4.69) is 28.6 Å². The quantitative estimate of drug-likeness (QED) is 0.761. The van der Waals surface area contributed by atoms with Crippen molar-refractivity contribution in [1.29, 1.82) is 0 Å². The van der Waals surface area contributed by atoms with Crippen molar-refractivity contribution in [2.45, 2.75) is 26.8 Å².